The smallest absolute Gasteiger partial charge is 0.00453 e. The van der Waals surface area contributed by atoms with Gasteiger partial charge in [0.2, 0.25) is 0 Å². The second-order valence-corrected chi connectivity index (χ2v) is 9.57. The van der Waals surface area contributed by atoms with Gasteiger partial charge in [0, 0.05) is 4.90 Å². The SMILES string of the molecule is CC.Cc1cc(S)cc(CCc2ccc(C(C)(C)C)cc2C(C)(C)C)c1. The molecule has 0 nitrogen and oxygen atoms in total. The third-order valence-corrected chi connectivity index (χ3v) is 4.85. The third-order valence-electron chi connectivity index (χ3n) is 4.59. The number of hydrogen-bond acceptors (Lipinski definition) is 1. The molecule has 0 N–H and O–H groups in total. The van der Waals surface area contributed by atoms with Crippen molar-refractivity contribution in [2.75, 3.05) is 0 Å². The van der Waals surface area contributed by atoms with Gasteiger partial charge in [0.25, 0.3) is 0 Å². The predicted octanol–water partition coefficient (Wildman–Crippen LogP) is 7.69. The average Bonchev–Trinajstić information content (AvgIpc) is 2.52. The van der Waals surface area contributed by atoms with Gasteiger partial charge in [-0.25, -0.2) is 0 Å². The van der Waals surface area contributed by atoms with E-state index >= 15 is 0 Å². The molecule has 0 aliphatic carbocycles. The number of rotatable bonds is 3. The van der Waals surface area contributed by atoms with Gasteiger partial charge in [-0.3, -0.25) is 0 Å². The summed E-state index contributed by atoms with van der Waals surface area (Å²) in [6.07, 6.45) is 2.14. The molecule has 0 heterocycles. The van der Waals surface area contributed by atoms with Crippen molar-refractivity contribution in [3.05, 3.63) is 64.2 Å². The van der Waals surface area contributed by atoms with E-state index in [4.69, 9.17) is 0 Å². The summed E-state index contributed by atoms with van der Waals surface area (Å²) in [6, 6.07) is 13.7. The summed E-state index contributed by atoms with van der Waals surface area (Å²) in [5, 5.41) is 0. The topological polar surface area (TPSA) is 0 Å². The van der Waals surface area contributed by atoms with Crippen molar-refractivity contribution < 1.29 is 0 Å². The lowest BCUT2D eigenvalue weighted by atomic mass is 9.77. The van der Waals surface area contributed by atoms with Gasteiger partial charge < -0.3 is 0 Å². The van der Waals surface area contributed by atoms with Gasteiger partial charge in [0.05, 0.1) is 0 Å². The van der Waals surface area contributed by atoms with Crippen LogP contribution in [0.25, 0.3) is 0 Å². The lowest BCUT2D eigenvalue weighted by Crippen LogP contribution is -2.18. The first-order chi connectivity index (χ1) is 12.0. The maximum Gasteiger partial charge on any atom is 0.00453 e. The molecule has 0 bridgehead atoms. The van der Waals surface area contributed by atoms with Crippen molar-refractivity contribution in [3.8, 4) is 0 Å². The first-order valence-corrected chi connectivity index (χ1v) is 10.3. The lowest BCUT2D eigenvalue weighted by Gasteiger charge is -2.27. The number of thiol groups is 1. The van der Waals surface area contributed by atoms with Crippen molar-refractivity contribution in [2.24, 2.45) is 0 Å². The summed E-state index contributed by atoms with van der Waals surface area (Å²) in [7, 11) is 0. The van der Waals surface area contributed by atoms with Gasteiger partial charge in [0.1, 0.15) is 0 Å². The number of aryl methyl sites for hydroxylation is 3. The average molecular weight is 371 g/mol. The van der Waals surface area contributed by atoms with Crippen LogP contribution in [0, 0.1) is 6.92 Å². The summed E-state index contributed by atoms with van der Waals surface area (Å²) in [5.74, 6) is 0. The Labute approximate surface area is 167 Å². The number of hydrogen-bond donors (Lipinski definition) is 1. The van der Waals surface area contributed by atoms with E-state index in [1.54, 1.807) is 0 Å². The molecule has 0 amide bonds. The minimum absolute atomic E-state index is 0.165. The second-order valence-electron chi connectivity index (χ2n) is 9.05. The Morgan fingerprint density at radius 3 is 1.88 bits per heavy atom. The number of benzene rings is 2. The molecule has 26 heavy (non-hydrogen) atoms. The van der Waals surface area contributed by atoms with E-state index < -0.39 is 0 Å². The molecule has 0 aromatic heterocycles. The van der Waals surface area contributed by atoms with E-state index in [1.807, 2.05) is 13.8 Å². The van der Waals surface area contributed by atoms with E-state index in [-0.39, 0.29) is 10.8 Å². The Morgan fingerprint density at radius 2 is 1.38 bits per heavy atom. The molecular weight excluding hydrogens is 332 g/mol. The standard InChI is InChI=1S/C23H32S.C2H6/c1-16-12-17(14-20(24)13-16)8-9-18-10-11-19(22(2,3)4)15-21(18)23(5,6)7;1-2/h10-15,24H,8-9H2,1-7H3;1-2H3. The molecule has 0 radical (unpaired) electrons. The maximum atomic E-state index is 4.52. The summed E-state index contributed by atoms with van der Waals surface area (Å²) in [5.41, 5.74) is 7.39. The Bertz CT molecular complexity index is 692. The van der Waals surface area contributed by atoms with Gasteiger partial charge in [-0.15, -0.1) is 12.6 Å². The third kappa shape index (κ3) is 6.50. The molecule has 0 aliphatic heterocycles. The molecule has 0 saturated heterocycles. The zero-order chi connectivity index (χ0) is 20.1. The van der Waals surface area contributed by atoms with Gasteiger partial charge in [-0.05, 0) is 70.5 Å². The molecule has 0 aliphatic rings. The molecule has 0 unspecified atom stereocenters. The van der Waals surface area contributed by atoms with Gasteiger partial charge in [-0.2, -0.15) is 0 Å². The Balaban J connectivity index is 0.00000163. The quantitative estimate of drug-likeness (QED) is 0.526. The molecule has 144 valence electrons. The van der Waals surface area contributed by atoms with Crippen LogP contribution in [0.2, 0.25) is 0 Å². The van der Waals surface area contributed by atoms with E-state index in [9.17, 15) is 0 Å². The summed E-state index contributed by atoms with van der Waals surface area (Å²) < 4.78 is 0. The van der Waals surface area contributed by atoms with Crippen LogP contribution in [0.3, 0.4) is 0 Å². The highest BCUT2D eigenvalue weighted by Crippen LogP contribution is 2.32. The van der Waals surface area contributed by atoms with Gasteiger partial charge in [-0.1, -0.05) is 79.7 Å². The minimum atomic E-state index is 0.165. The molecule has 2 aromatic carbocycles. The highest BCUT2D eigenvalue weighted by atomic mass is 32.1. The first-order valence-electron chi connectivity index (χ1n) is 9.90. The molecule has 1 heteroatoms. The molecule has 0 spiro atoms. The van der Waals surface area contributed by atoms with Crippen LogP contribution in [-0.2, 0) is 23.7 Å². The van der Waals surface area contributed by atoms with E-state index in [0.717, 1.165) is 17.7 Å². The van der Waals surface area contributed by atoms with Gasteiger partial charge in [0.15, 0.2) is 0 Å². The van der Waals surface area contributed by atoms with E-state index in [2.05, 4.69) is 97.5 Å². The van der Waals surface area contributed by atoms with Crippen LogP contribution in [0.1, 0.15) is 83.2 Å². The fraction of sp³-hybridized carbons (Fsp3) is 0.520. The molecule has 0 saturated carbocycles. The van der Waals surface area contributed by atoms with Crippen LogP contribution in [0.5, 0.6) is 0 Å². The van der Waals surface area contributed by atoms with Crippen molar-refractivity contribution in [2.45, 2.75) is 90.9 Å². The fourth-order valence-electron chi connectivity index (χ4n) is 3.22. The second kappa shape index (κ2) is 9.13. The first kappa shape index (κ1) is 22.8. The predicted molar refractivity (Wildman–Crippen MR) is 121 cm³/mol. The minimum Gasteiger partial charge on any atom is -0.143 e. The van der Waals surface area contributed by atoms with Crippen LogP contribution in [-0.4, -0.2) is 0 Å². The van der Waals surface area contributed by atoms with Crippen molar-refractivity contribution in [3.63, 3.8) is 0 Å². The Hall–Kier alpha value is -1.21. The van der Waals surface area contributed by atoms with Crippen LogP contribution < -0.4 is 0 Å². The van der Waals surface area contributed by atoms with Crippen molar-refractivity contribution in [1.82, 2.24) is 0 Å². The highest BCUT2D eigenvalue weighted by Gasteiger charge is 2.22. The molecular formula is C25H38S. The molecule has 0 fully saturated rings. The molecule has 2 aromatic rings. The van der Waals surface area contributed by atoms with Crippen LogP contribution in [0.15, 0.2) is 41.3 Å². The van der Waals surface area contributed by atoms with Crippen LogP contribution in [0.4, 0.5) is 0 Å². The normalized spacial score (nSPS) is 11.8. The van der Waals surface area contributed by atoms with E-state index in [1.165, 1.54) is 27.8 Å². The van der Waals surface area contributed by atoms with E-state index in [0.29, 0.717) is 0 Å². The van der Waals surface area contributed by atoms with Crippen molar-refractivity contribution in [1.29, 1.82) is 0 Å². The highest BCUT2D eigenvalue weighted by molar-refractivity contribution is 7.80. The summed E-state index contributed by atoms with van der Waals surface area (Å²) in [6.45, 7) is 20.0. The zero-order valence-corrected chi connectivity index (χ0v) is 19.2. The van der Waals surface area contributed by atoms with Crippen LogP contribution >= 0.6 is 12.6 Å². The zero-order valence-electron chi connectivity index (χ0n) is 18.3. The monoisotopic (exact) mass is 370 g/mol. The maximum absolute atomic E-state index is 4.52. The summed E-state index contributed by atoms with van der Waals surface area (Å²) in [4.78, 5) is 1.06. The largest absolute Gasteiger partial charge is 0.143 e. The lowest BCUT2D eigenvalue weighted by molar-refractivity contribution is 0.563. The Kier molecular flexibility index (Phi) is 8.02. The molecule has 2 rings (SSSR count). The van der Waals surface area contributed by atoms with Gasteiger partial charge >= 0.3 is 0 Å². The summed E-state index contributed by atoms with van der Waals surface area (Å²) >= 11 is 4.52. The fourth-order valence-corrected chi connectivity index (χ4v) is 3.59. The Morgan fingerprint density at radius 1 is 0.769 bits per heavy atom. The van der Waals surface area contributed by atoms with Crippen molar-refractivity contribution >= 4 is 12.6 Å². The molecule has 0 atom stereocenters.